The standard InChI is InChI=1S/C16H17BrN2O2/c1-9(2)19-7-6-12-10(8-19)14(16(20)21)15-11(17)4-3-5-13(15)18-12/h3-5,9H,6-8H2,1-2H3,(H,20,21). The third-order valence-electron chi connectivity index (χ3n) is 4.09. The summed E-state index contributed by atoms with van der Waals surface area (Å²) in [5.41, 5.74) is 2.93. The van der Waals surface area contributed by atoms with E-state index >= 15 is 0 Å². The number of benzene rings is 1. The number of hydrogen-bond donors (Lipinski definition) is 1. The summed E-state index contributed by atoms with van der Waals surface area (Å²) in [5, 5.41) is 10.4. The molecule has 0 bridgehead atoms. The van der Waals surface area contributed by atoms with Crippen molar-refractivity contribution in [3.8, 4) is 0 Å². The summed E-state index contributed by atoms with van der Waals surface area (Å²) in [6.45, 7) is 5.85. The van der Waals surface area contributed by atoms with Crippen LogP contribution in [0.1, 0.15) is 35.5 Å². The number of halogens is 1. The normalized spacial score (nSPS) is 15.4. The second-order valence-corrected chi connectivity index (χ2v) is 6.52. The van der Waals surface area contributed by atoms with Crippen molar-refractivity contribution in [1.29, 1.82) is 0 Å². The highest BCUT2D eigenvalue weighted by molar-refractivity contribution is 9.10. The Morgan fingerprint density at radius 1 is 1.43 bits per heavy atom. The van der Waals surface area contributed by atoms with Crippen LogP contribution in [0.2, 0.25) is 0 Å². The summed E-state index contributed by atoms with van der Waals surface area (Å²) in [5.74, 6) is -0.879. The molecule has 2 heterocycles. The zero-order valence-electron chi connectivity index (χ0n) is 12.1. The fourth-order valence-electron chi connectivity index (χ4n) is 2.95. The van der Waals surface area contributed by atoms with Crippen molar-refractivity contribution in [3.05, 3.63) is 39.5 Å². The van der Waals surface area contributed by atoms with Gasteiger partial charge in [-0.05, 0) is 26.0 Å². The molecule has 21 heavy (non-hydrogen) atoms. The van der Waals surface area contributed by atoms with Crippen LogP contribution in [-0.4, -0.2) is 33.5 Å². The van der Waals surface area contributed by atoms with E-state index in [1.807, 2.05) is 18.2 Å². The van der Waals surface area contributed by atoms with E-state index in [2.05, 4.69) is 34.7 Å². The van der Waals surface area contributed by atoms with Crippen LogP contribution in [0, 0.1) is 0 Å². The molecule has 0 fully saturated rings. The van der Waals surface area contributed by atoms with Crippen molar-refractivity contribution in [2.75, 3.05) is 6.54 Å². The SMILES string of the molecule is CC(C)N1CCc2nc3cccc(Br)c3c(C(=O)O)c2C1. The van der Waals surface area contributed by atoms with E-state index in [4.69, 9.17) is 4.98 Å². The molecule has 0 amide bonds. The lowest BCUT2D eigenvalue weighted by Crippen LogP contribution is -2.37. The van der Waals surface area contributed by atoms with Gasteiger partial charge in [-0.3, -0.25) is 9.88 Å². The highest BCUT2D eigenvalue weighted by Gasteiger charge is 2.27. The van der Waals surface area contributed by atoms with Crippen LogP contribution in [0.5, 0.6) is 0 Å². The van der Waals surface area contributed by atoms with Crippen molar-refractivity contribution in [2.45, 2.75) is 32.9 Å². The van der Waals surface area contributed by atoms with Gasteiger partial charge in [0.2, 0.25) is 0 Å². The number of pyridine rings is 1. The average molecular weight is 349 g/mol. The first kappa shape index (κ1) is 14.5. The molecule has 0 radical (unpaired) electrons. The number of carboxylic acid groups (broad SMARTS) is 1. The molecule has 1 aliphatic rings. The maximum Gasteiger partial charge on any atom is 0.336 e. The van der Waals surface area contributed by atoms with Gasteiger partial charge in [-0.15, -0.1) is 0 Å². The van der Waals surface area contributed by atoms with Crippen molar-refractivity contribution >= 4 is 32.8 Å². The van der Waals surface area contributed by atoms with Gasteiger partial charge >= 0.3 is 5.97 Å². The van der Waals surface area contributed by atoms with Gasteiger partial charge in [0.25, 0.3) is 0 Å². The molecule has 0 aliphatic carbocycles. The molecule has 1 aromatic heterocycles. The van der Waals surface area contributed by atoms with E-state index in [1.165, 1.54) is 0 Å². The Kier molecular flexibility index (Phi) is 3.71. The van der Waals surface area contributed by atoms with E-state index in [0.717, 1.165) is 34.2 Å². The Morgan fingerprint density at radius 3 is 2.86 bits per heavy atom. The highest BCUT2D eigenvalue weighted by atomic mass is 79.9. The summed E-state index contributed by atoms with van der Waals surface area (Å²) < 4.78 is 0.786. The molecular weight excluding hydrogens is 332 g/mol. The molecule has 5 heteroatoms. The Balaban J connectivity index is 2.29. The first-order valence-electron chi connectivity index (χ1n) is 7.06. The highest BCUT2D eigenvalue weighted by Crippen LogP contribution is 2.33. The number of carboxylic acids is 1. The van der Waals surface area contributed by atoms with Crippen molar-refractivity contribution in [1.82, 2.24) is 9.88 Å². The monoisotopic (exact) mass is 348 g/mol. The lowest BCUT2D eigenvalue weighted by Gasteiger charge is -2.32. The predicted molar refractivity (Wildman–Crippen MR) is 85.7 cm³/mol. The zero-order chi connectivity index (χ0) is 15.1. The molecule has 0 spiro atoms. The van der Waals surface area contributed by atoms with Gasteiger partial charge in [0, 0.05) is 46.7 Å². The van der Waals surface area contributed by atoms with E-state index in [9.17, 15) is 9.90 Å². The lowest BCUT2D eigenvalue weighted by molar-refractivity contribution is 0.0694. The van der Waals surface area contributed by atoms with Gasteiger partial charge in [0.15, 0.2) is 0 Å². The van der Waals surface area contributed by atoms with E-state index < -0.39 is 5.97 Å². The summed E-state index contributed by atoms with van der Waals surface area (Å²) in [7, 11) is 0. The van der Waals surface area contributed by atoms with Crippen LogP contribution < -0.4 is 0 Å². The van der Waals surface area contributed by atoms with Crippen LogP contribution in [0.15, 0.2) is 22.7 Å². The Labute approximate surface area is 131 Å². The van der Waals surface area contributed by atoms with Crippen LogP contribution in [0.3, 0.4) is 0 Å². The average Bonchev–Trinajstić information content (AvgIpc) is 2.44. The smallest absolute Gasteiger partial charge is 0.336 e. The molecule has 0 saturated heterocycles. The fourth-order valence-corrected chi connectivity index (χ4v) is 3.50. The summed E-state index contributed by atoms with van der Waals surface area (Å²) >= 11 is 3.47. The van der Waals surface area contributed by atoms with Crippen molar-refractivity contribution in [2.24, 2.45) is 0 Å². The number of hydrogen-bond acceptors (Lipinski definition) is 3. The molecule has 3 rings (SSSR count). The number of aromatic carboxylic acids is 1. The maximum absolute atomic E-state index is 11.8. The number of carbonyl (C=O) groups is 1. The number of aromatic nitrogens is 1. The summed E-state index contributed by atoms with van der Waals surface area (Å²) in [4.78, 5) is 18.8. The van der Waals surface area contributed by atoms with Gasteiger partial charge in [-0.1, -0.05) is 22.0 Å². The second kappa shape index (κ2) is 5.39. The van der Waals surface area contributed by atoms with E-state index in [1.54, 1.807) is 0 Å². The third kappa shape index (κ3) is 2.45. The van der Waals surface area contributed by atoms with Gasteiger partial charge in [0.1, 0.15) is 0 Å². The summed E-state index contributed by atoms with van der Waals surface area (Å²) in [6, 6.07) is 6.03. The van der Waals surface area contributed by atoms with E-state index in [-0.39, 0.29) is 0 Å². The Hall–Kier alpha value is -1.46. The first-order valence-corrected chi connectivity index (χ1v) is 7.85. The summed E-state index contributed by atoms with van der Waals surface area (Å²) in [6.07, 6.45) is 0.802. The molecule has 110 valence electrons. The van der Waals surface area contributed by atoms with Gasteiger partial charge in [-0.2, -0.15) is 0 Å². The maximum atomic E-state index is 11.8. The van der Waals surface area contributed by atoms with Gasteiger partial charge < -0.3 is 5.11 Å². The minimum Gasteiger partial charge on any atom is -0.478 e. The largest absolute Gasteiger partial charge is 0.478 e. The van der Waals surface area contributed by atoms with Crippen LogP contribution in [0.25, 0.3) is 10.9 Å². The van der Waals surface area contributed by atoms with Crippen molar-refractivity contribution in [3.63, 3.8) is 0 Å². The lowest BCUT2D eigenvalue weighted by atomic mass is 9.95. The predicted octanol–water partition coefficient (Wildman–Crippen LogP) is 3.46. The molecule has 1 N–H and O–H groups in total. The topological polar surface area (TPSA) is 53.4 Å². The molecule has 0 atom stereocenters. The first-order chi connectivity index (χ1) is 9.99. The fraction of sp³-hybridized carbons (Fsp3) is 0.375. The van der Waals surface area contributed by atoms with Crippen LogP contribution >= 0.6 is 15.9 Å². The second-order valence-electron chi connectivity index (χ2n) is 5.67. The molecule has 1 aromatic carbocycles. The third-order valence-corrected chi connectivity index (χ3v) is 4.75. The molecule has 4 nitrogen and oxygen atoms in total. The van der Waals surface area contributed by atoms with Crippen molar-refractivity contribution < 1.29 is 9.90 Å². The number of nitrogens with zero attached hydrogens (tertiary/aromatic N) is 2. The molecule has 0 saturated carbocycles. The van der Waals surface area contributed by atoms with Gasteiger partial charge in [0.05, 0.1) is 11.1 Å². The van der Waals surface area contributed by atoms with E-state index in [0.29, 0.717) is 23.5 Å². The molecule has 0 unspecified atom stereocenters. The van der Waals surface area contributed by atoms with Crippen LogP contribution in [-0.2, 0) is 13.0 Å². The number of rotatable bonds is 2. The molecule has 1 aliphatic heterocycles. The minimum atomic E-state index is -0.879. The Bertz CT molecular complexity index is 728. The van der Waals surface area contributed by atoms with Gasteiger partial charge in [-0.25, -0.2) is 4.79 Å². The number of fused-ring (bicyclic) bond motifs is 2. The van der Waals surface area contributed by atoms with Crippen LogP contribution in [0.4, 0.5) is 0 Å². The minimum absolute atomic E-state index is 0.396. The quantitative estimate of drug-likeness (QED) is 0.902. The Morgan fingerprint density at radius 2 is 2.19 bits per heavy atom. The molecular formula is C16H17BrN2O2. The zero-order valence-corrected chi connectivity index (χ0v) is 13.6. The molecule has 2 aromatic rings.